The fourth-order valence-corrected chi connectivity index (χ4v) is 3.54. The first-order valence-electron chi connectivity index (χ1n) is 7.70. The maximum atomic E-state index is 12.4. The van der Waals surface area contributed by atoms with Crippen LogP contribution in [0.2, 0.25) is 0 Å². The quantitative estimate of drug-likeness (QED) is 0.281. The zero-order valence-corrected chi connectivity index (χ0v) is 15.8. The molecule has 0 spiro atoms. The van der Waals surface area contributed by atoms with Crippen molar-refractivity contribution in [3.8, 4) is 10.7 Å². The summed E-state index contributed by atoms with van der Waals surface area (Å²) >= 11 is 6.45. The number of aromatic amines is 1. The second kappa shape index (κ2) is 7.60. The molecular formula is C16H14N6O3S2. The number of hydrogen-bond donors (Lipinski definition) is 2. The Morgan fingerprint density at radius 3 is 3.04 bits per heavy atom. The van der Waals surface area contributed by atoms with Gasteiger partial charge in [0.2, 0.25) is 0 Å². The highest BCUT2D eigenvalue weighted by molar-refractivity contribution is 7.71. The molecule has 1 amide bonds. The largest absolute Gasteiger partial charge is 0.298 e. The molecule has 0 bridgehead atoms. The number of non-ortho nitro benzene ring substituents is 1. The Kier molecular flexibility index (Phi) is 5.23. The Labute approximate surface area is 162 Å². The summed E-state index contributed by atoms with van der Waals surface area (Å²) in [4.78, 5) is 27.8. The molecule has 0 fully saturated rings. The summed E-state index contributed by atoms with van der Waals surface area (Å²) < 4.78 is 2.23. The van der Waals surface area contributed by atoms with Crippen LogP contribution in [-0.4, -0.2) is 30.6 Å². The first-order chi connectivity index (χ1) is 12.9. The van der Waals surface area contributed by atoms with Crippen molar-refractivity contribution in [2.45, 2.75) is 13.5 Å². The number of rotatable bonds is 6. The Morgan fingerprint density at radius 1 is 1.56 bits per heavy atom. The maximum absolute atomic E-state index is 12.4. The molecule has 0 aliphatic carbocycles. The lowest BCUT2D eigenvalue weighted by atomic mass is 10.2. The van der Waals surface area contributed by atoms with E-state index in [0.717, 1.165) is 4.88 Å². The second-order valence-corrected chi connectivity index (χ2v) is 6.83. The highest BCUT2D eigenvalue weighted by Gasteiger charge is 2.18. The van der Waals surface area contributed by atoms with Gasteiger partial charge in [-0.05, 0) is 25.2 Å². The predicted octanol–water partition coefficient (Wildman–Crippen LogP) is 3.72. The zero-order chi connectivity index (χ0) is 19.6. The van der Waals surface area contributed by atoms with E-state index in [9.17, 15) is 14.9 Å². The van der Waals surface area contributed by atoms with Crippen molar-refractivity contribution >= 4 is 40.3 Å². The van der Waals surface area contributed by atoms with E-state index in [0.29, 0.717) is 28.0 Å². The number of nitrogens with one attached hydrogen (secondary N) is 2. The van der Waals surface area contributed by atoms with Crippen molar-refractivity contribution < 1.29 is 9.72 Å². The number of aromatic nitrogens is 4. The average Bonchev–Trinajstić information content (AvgIpc) is 3.18. The minimum Gasteiger partial charge on any atom is -0.298 e. The number of nitro benzene ring substituents is 1. The molecule has 0 radical (unpaired) electrons. The molecule has 2 N–H and O–H groups in total. The van der Waals surface area contributed by atoms with Gasteiger partial charge < -0.3 is 0 Å². The van der Waals surface area contributed by atoms with Crippen LogP contribution in [0.3, 0.4) is 0 Å². The number of H-pyrrole nitrogens is 1. The zero-order valence-electron chi connectivity index (χ0n) is 14.1. The third-order valence-electron chi connectivity index (χ3n) is 3.61. The summed E-state index contributed by atoms with van der Waals surface area (Å²) in [5.74, 6) is 0.120. The molecule has 138 valence electrons. The minimum absolute atomic E-state index is 0.154. The second-order valence-electron chi connectivity index (χ2n) is 5.45. The van der Waals surface area contributed by atoms with E-state index in [4.69, 9.17) is 12.2 Å². The SMILES string of the molecule is C=CCn1c(-c2sc(NC(=O)c3cccc([N+](=O)[O-])c3)nc2C)n[nH]c1=S. The molecule has 0 saturated carbocycles. The number of anilines is 1. The van der Waals surface area contributed by atoms with Crippen LogP contribution in [0.15, 0.2) is 36.9 Å². The molecular weight excluding hydrogens is 388 g/mol. The normalized spacial score (nSPS) is 10.6. The number of thiazole rings is 1. The van der Waals surface area contributed by atoms with E-state index in [1.165, 1.54) is 35.6 Å². The van der Waals surface area contributed by atoms with E-state index in [2.05, 4.69) is 27.1 Å². The van der Waals surface area contributed by atoms with Crippen molar-refractivity contribution in [1.82, 2.24) is 19.7 Å². The van der Waals surface area contributed by atoms with Crippen molar-refractivity contribution in [2.75, 3.05) is 5.32 Å². The van der Waals surface area contributed by atoms with Gasteiger partial charge in [-0.25, -0.2) is 4.98 Å². The number of carbonyl (C=O) groups excluding carboxylic acids is 1. The van der Waals surface area contributed by atoms with Gasteiger partial charge in [0.25, 0.3) is 11.6 Å². The number of nitro groups is 1. The fraction of sp³-hybridized carbons (Fsp3) is 0.125. The highest BCUT2D eigenvalue weighted by Crippen LogP contribution is 2.32. The van der Waals surface area contributed by atoms with Gasteiger partial charge in [-0.3, -0.25) is 29.9 Å². The molecule has 0 saturated heterocycles. The van der Waals surface area contributed by atoms with Crippen LogP contribution in [0.1, 0.15) is 16.1 Å². The van der Waals surface area contributed by atoms with E-state index in [1.54, 1.807) is 17.6 Å². The van der Waals surface area contributed by atoms with Gasteiger partial charge in [0.05, 0.1) is 15.5 Å². The number of carbonyl (C=O) groups is 1. The van der Waals surface area contributed by atoms with Gasteiger partial charge in [-0.2, -0.15) is 5.10 Å². The summed E-state index contributed by atoms with van der Waals surface area (Å²) in [5, 5.41) is 20.9. The van der Waals surface area contributed by atoms with Gasteiger partial charge in [0, 0.05) is 24.2 Å². The summed E-state index contributed by atoms with van der Waals surface area (Å²) in [6.07, 6.45) is 1.70. The first-order valence-corrected chi connectivity index (χ1v) is 8.93. The topological polar surface area (TPSA) is 119 Å². The Balaban J connectivity index is 1.88. The maximum Gasteiger partial charge on any atom is 0.270 e. The third kappa shape index (κ3) is 3.83. The fourth-order valence-electron chi connectivity index (χ4n) is 2.38. The van der Waals surface area contributed by atoms with E-state index >= 15 is 0 Å². The number of benzene rings is 1. The highest BCUT2D eigenvalue weighted by atomic mass is 32.1. The molecule has 0 unspecified atom stereocenters. The lowest BCUT2D eigenvalue weighted by molar-refractivity contribution is -0.384. The van der Waals surface area contributed by atoms with Crippen LogP contribution >= 0.6 is 23.6 Å². The molecule has 0 aliphatic heterocycles. The molecule has 2 aromatic heterocycles. The number of allylic oxidation sites excluding steroid dienone is 1. The Hall–Kier alpha value is -3.18. The van der Waals surface area contributed by atoms with Crippen molar-refractivity contribution in [3.05, 3.63) is 63.1 Å². The molecule has 2 heterocycles. The Morgan fingerprint density at radius 2 is 2.33 bits per heavy atom. The van der Waals surface area contributed by atoms with Gasteiger partial charge in [-0.1, -0.05) is 23.5 Å². The molecule has 3 aromatic rings. The monoisotopic (exact) mass is 402 g/mol. The summed E-state index contributed by atoms with van der Waals surface area (Å²) in [6, 6.07) is 5.49. The van der Waals surface area contributed by atoms with Crippen LogP contribution in [0.25, 0.3) is 10.7 Å². The van der Waals surface area contributed by atoms with Gasteiger partial charge in [0.1, 0.15) is 0 Å². The van der Waals surface area contributed by atoms with Crippen molar-refractivity contribution in [2.24, 2.45) is 0 Å². The summed E-state index contributed by atoms with van der Waals surface area (Å²) in [5.41, 5.74) is 0.695. The number of nitrogens with zero attached hydrogens (tertiary/aromatic N) is 4. The van der Waals surface area contributed by atoms with Crippen LogP contribution in [0.5, 0.6) is 0 Å². The molecule has 11 heteroatoms. The number of aryl methyl sites for hydroxylation is 1. The van der Waals surface area contributed by atoms with E-state index < -0.39 is 10.8 Å². The van der Waals surface area contributed by atoms with Crippen LogP contribution in [0.4, 0.5) is 10.8 Å². The van der Waals surface area contributed by atoms with Crippen LogP contribution < -0.4 is 5.32 Å². The average molecular weight is 402 g/mol. The lowest BCUT2D eigenvalue weighted by Crippen LogP contribution is -2.11. The first kappa shape index (κ1) is 18.6. The number of amides is 1. The molecule has 27 heavy (non-hydrogen) atoms. The van der Waals surface area contributed by atoms with Crippen molar-refractivity contribution in [3.63, 3.8) is 0 Å². The number of hydrogen-bond acceptors (Lipinski definition) is 7. The molecule has 1 aromatic carbocycles. The smallest absolute Gasteiger partial charge is 0.270 e. The lowest BCUT2D eigenvalue weighted by Gasteiger charge is -2.02. The minimum atomic E-state index is -0.551. The molecule has 0 aliphatic rings. The third-order valence-corrected chi connectivity index (χ3v) is 4.99. The van der Waals surface area contributed by atoms with Gasteiger partial charge in [0.15, 0.2) is 15.7 Å². The summed E-state index contributed by atoms with van der Waals surface area (Å²) in [7, 11) is 0. The Bertz CT molecular complexity index is 1100. The molecule has 9 nitrogen and oxygen atoms in total. The van der Waals surface area contributed by atoms with E-state index in [1.807, 2.05) is 0 Å². The standard InChI is InChI=1S/C16H14N6O3S2/c1-3-7-21-13(19-20-16(21)26)12-9(2)17-15(27-12)18-14(23)10-5-4-6-11(8-10)22(24)25/h3-6,8H,1,7H2,2H3,(H,20,26)(H,17,18,23). The van der Waals surface area contributed by atoms with Gasteiger partial charge >= 0.3 is 0 Å². The van der Waals surface area contributed by atoms with Crippen LogP contribution in [0, 0.1) is 21.8 Å². The van der Waals surface area contributed by atoms with Crippen LogP contribution in [-0.2, 0) is 6.54 Å². The van der Waals surface area contributed by atoms with Gasteiger partial charge in [-0.15, -0.1) is 6.58 Å². The molecule has 3 rings (SSSR count). The summed E-state index contributed by atoms with van der Waals surface area (Å²) in [6.45, 7) is 5.99. The predicted molar refractivity (Wildman–Crippen MR) is 105 cm³/mol. The van der Waals surface area contributed by atoms with Crippen molar-refractivity contribution in [1.29, 1.82) is 0 Å². The van der Waals surface area contributed by atoms with E-state index in [-0.39, 0.29) is 11.3 Å². The molecule has 0 atom stereocenters.